The predicted molar refractivity (Wildman–Crippen MR) is 106 cm³/mol. The Bertz CT molecular complexity index is 734. The Balaban J connectivity index is 1.62. The van der Waals surface area contributed by atoms with Gasteiger partial charge in [0.2, 0.25) is 0 Å². The van der Waals surface area contributed by atoms with Gasteiger partial charge < -0.3 is 19.4 Å². The fourth-order valence-electron chi connectivity index (χ4n) is 3.66. The molecule has 2 aliphatic rings. The van der Waals surface area contributed by atoms with Crippen LogP contribution in [0.1, 0.15) is 37.6 Å². The number of carbonyl (C=O) groups excluding carboxylic acids is 2. The third-order valence-electron chi connectivity index (χ3n) is 4.88. The second kappa shape index (κ2) is 7.25. The molecule has 3 rings (SSSR count). The van der Waals surface area contributed by atoms with Crippen molar-refractivity contribution in [2.75, 3.05) is 32.1 Å². The summed E-state index contributed by atoms with van der Waals surface area (Å²) in [6.45, 7) is 7.16. The summed E-state index contributed by atoms with van der Waals surface area (Å²) in [5.74, 6) is -0.00528. The number of allylic oxidation sites excluding steroid dienone is 1. The minimum Gasteiger partial charge on any atom is -0.444 e. The van der Waals surface area contributed by atoms with E-state index in [1.54, 1.807) is 12.3 Å². The van der Waals surface area contributed by atoms with Crippen molar-refractivity contribution in [2.45, 2.75) is 44.9 Å². The molecule has 146 valence electrons. The molecule has 0 N–H and O–H groups in total. The molecule has 0 aromatic heterocycles. The number of ketones is 1. The first kappa shape index (κ1) is 19.3. The van der Waals surface area contributed by atoms with E-state index in [9.17, 15) is 9.59 Å². The van der Waals surface area contributed by atoms with Gasteiger partial charge in [-0.25, -0.2) is 4.79 Å². The van der Waals surface area contributed by atoms with Crippen molar-refractivity contribution < 1.29 is 14.3 Å². The number of amides is 1. The van der Waals surface area contributed by atoms with Gasteiger partial charge in [0.15, 0.2) is 5.78 Å². The number of benzene rings is 1. The van der Waals surface area contributed by atoms with E-state index in [0.717, 1.165) is 18.7 Å². The molecule has 6 nitrogen and oxygen atoms in total. The summed E-state index contributed by atoms with van der Waals surface area (Å²) in [4.78, 5) is 30.5. The zero-order valence-electron chi connectivity index (χ0n) is 16.8. The number of likely N-dealkylation sites (tertiary alicyclic amines) is 1. The number of carbonyl (C=O) groups is 2. The van der Waals surface area contributed by atoms with Crippen molar-refractivity contribution in [1.82, 2.24) is 9.80 Å². The van der Waals surface area contributed by atoms with Crippen LogP contribution < -0.4 is 4.90 Å². The summed E-state index contributed by atoms with van der Waals surface area (Å²) in [6.07, 6.45) is 4.07. The van der Waals surface area contributed by atoms with Crippen LogP contribution >= 0.6 is 0 Å². The fourth-order valence-corrected chi connectivity index (χ4v) is 3.66. The van der Waals surface area contributed by atoms with E-state index in [1.165, 1.54) is 0 Å². The highest BCUT2D eigenvalue weighted by atomic mass is 16.6. The molecule has 1 aromatic carbocycles. The average molecular weight is 371 g/mol. The molecule has 2 saturated heterocycles. The topological polar surface area (TPSA) is 53.1 Å². The maximum atomic E-state index is 12.4. The maximum Gasteiger partial charge on any atom is 0.410 e. The molecule has 2 fully saturated rings. The number of rotatable bonds is 4. The lowest BCUT2D eigenvalue weighted by atomic mass is 10.1. The Hall–Kier alpha value is -2.50. The van der Waals surface area contributed by atoms with Crippen LogP contribution in [0.4, 0.5) is 10.5 Å². The van der Waals surface area contributed by atoms with Gasteiger partial charge >= 0.3 is 6.09 Å². The largest absolute Gasteiger partial charge is 0.444 e. The zero-order chi connectivity index (χ0) is 19.8. The van der Waals surface area contributed by atoms with E-state index in [-0.39, 0.29) is 17.9 Å². The average Bonchev–Trinajstić information content (AvgIpc) is 3.19. The second-order valence-electron chi connectivity index (χ2n) is 8.52. The summed E-state index contributed by atoms with van der Waals surface area (Å²) in [5, 5.41) is 0. The Labute approximate surface area is 161 Å². The van der Waals surface area contributed by atoms with Crippen LogP contribution in [-0.2, 0) is 4.74 Å². The van der Waals surface area contributed by atoms with Gasteiger partial charge in [0.25, 0.3) is 0 Å². The first-order valence-corrected chi connectivity index (χ1v) is 9.39. The van der Waals surface area contributed by atoms with Crippen LogP contribution in [-0.4, -0.2) is 66.5 Å². The van der Waals surface area contributed by atoms with Crippen molar-refractivity contribution in [2.24, 2.45) is 0 Å². The summed E-state index contributed by atoms with van der Waals surface area (Å²) < 4.78 is 5.52. The molecule has 6 heteroatoms. The number of nitrogens with zero attached hydrogens (tertiary/aromatic N) is 3. The molecule has 1 aromatic rings. The van der Waals surface area contributed by atoms with Crippen LogP contribution in [0.25, 0.3) is 0 Å². The predicted octanol–water partition coefficient (Wildman–Crippen LogP) is 3.14. The van der Waals surface area contributed by atoms with Crippen molar-refractivity contribution in [1.29, 1.82) is 0 Å². The highest BCUT2D eigenvalue weighted by Crippen LogP contribution is 2.35. The highest BCUT2D eigenvalue weighted by Gasteiger charge is 2.46. The quantitative estimate of drug-likeness (QED) is 0.601. The number of fused-ring (bicyclic) bond motifs is 2. The number of hydrogen-bond acceptors (Lipinski definition) is 5. The van der Waals surface area contributed by atoms with Crippen molar-refractivity contribution in [3.8, 4) is 0 Å². The highest BCUT2D eigenvalue weighted by molar-refractivity contribution is 6.04. The van der Waals surface area contributed by atoms with Crippen LogP contribution in [0.3, 0.4) is 0 Å². The molecule has 2 aliphatic heterocycles. The third-order valence-corrected chi connectivity index (χ3v) is 4.88. The van der Waals surface area contributed by atoms with Gasteiger partial charge in [0.1, 0.15) is 5.60 Å². The molecule has 2 unspecified atom stereocenters. The summed E-state index contributed by atoms with van der Waals surface area (Å²) in [6, 6.07) is 8.22. The standard InChI is InChI=1S/C21H29N3O3/c1-21(2,3)27-20(26)24-14-17-12-18(24)13-23(17)16-8-6-15(7-9-16)19(25)10-11-22(4)5/h6-11,17-18H,12-14H2,1-5H3/b11-10+. The van der Waals surface area contributed by atoms with Crippen LogP contribution in [0.5, 0.6) is 0 Å². The molecule has 0 radical (unpaired) electrons. The summed E-state index contributed by atoms with van der Waals surface area (Å²) in [5.41, 5.74) is 1.30. The van der Waals surface area contributed by atoms with Gasteiger partial charge in [0, 0.05) is 56.8 Å². The number of piperazine rings is 1. The number of anilines is 1. The molecular weight excluding hydrogens is 342 g/mol. The van der Waals surface area contributed by atoms with Crippen LogP contribution in [0.2, 0.25) is 0 Å². The minimum atomic E-state index is -0.470. The van der Waals surface area contributed by atoms with E-state index in [4.69, 9.17) is 4.74 Å². The first-order chi connectivity index (χ1) is 12.6. The molecule has 0 spiro atoms. The van der Waals surface area contributed by atoms with Crippen LogP contribution in [0, 0.1) is 0 Å². The van der Waals surface area contributed by atoms with Crippen molar-refractivity contribution in [3.63, 3.8) is 0 Å². The normalized spacial score (nSPS) is 21.8. The molecule has 2 heterocycles. The van der Waals surface area contributed by atoms with Crippen LogP contribution in [0.15, 0.2) is 36.5 Å². The SMILES string of the molecule is CN(C)/C=C/C(=O)c1ccc(N2CC3CC2CN3C(=O)OC(C)(C)C)cc1. The molecule has 0 aliphatic carbocycles. The molecule has 2 bridgehead atoms. The van der Waals surface area contributed by atoms with Gasteiger partial charge in [-0.2, -0.15) is 0 Å². The maximum absolute atomic E-state index is 12.4. The minimum absolute atomic E-state index is 0.00528. The number of ether oxygens (including phenoxy) is 1. The number of hydrogen-bond donors (Lipinski definition) is 0. The van der Waals surface area contributed by atoms with E-state index in [1.807, 2.05) is 68.9 Å². The molecule has 27 heavy (non-hydrogen) atoms. The lowest BCUT2D eigenvalue weighted by Crippen LogP contribution is -2.50. The van der Waals surface area contributed by atoms with Gasteiger partial charge in [-0.3, -0.25) is 4.79 Å². The summed E-state index contributed by atoms with van der Waals surface area (Å²) in [7, 11) is 3.77. The van der Waals surface area contributed by atoms with E-state index in [0.29, 0.717) is 18.2 Å². The molecular formula is C21H29N3O3. The third kappa shape index (κ3) is 4.43. The lowest BCUT2D eigenvalue weighted by Gasteiger charge is -2.36. The monoisotopic (exact) mass is 371 g/mol. The van der Waals surface area contributed by atoms with Gasteiger partial charge in [-0.1, -0.05) is 0 Å². The Morgan fingerprint density at radius 1 is 1.11 bits per heavy atom. The fraction of sp³-hybridized carbons (Fsp3) is 0.524. The van der Waals surface area contributed by atoms with Crippen molar-refractivity contribution >= 4 is 17.6 Å². The van der Waals surface area contributed by atoms with Gasteiger partial charge in [-0.05, 0) is 51.5 Å². The van der Waals surface area contributed by atoms with E-state index in [2.05, 4.69) is 4.90 Å². The smallest absolute Gasteiger partial charge is 0.410 e. The molecule has 1 amide bonds. The lowest BCUT2D eigenvalue weighted by molar-refractivity contribution is 0.0214. The van der Waals surface area contributed by atoms with Gasteiger partial charge in [-0.15, -0.1) is 0 Å². The summed E-state index contributed by atoms with van der Waals surface area (Å²) >= 11 is 0. The van der Waals surface area contributed by atoms with E-state index >= 15 is 0 Å². The molecule has 2 atom stereocenters. The zero-order valence-corrected chi connectivity index (χ0v) is 16.8. The molecule has 0 saturated carbocycles. The first-order valence-electron chi connectivity index (χ1n) is 9.39. The van der Waals surface area contributed by atoms with Crippen molar-refractivity contribution in [3.05, 3.63) is 42.1 Å². The van der Waals surface area contributed by atoms with Gasteiger partial charge in [0.05, 0.1) is 6.04 Å². The Kier molecular flexibility index (Phi) is 5.18. The Morgan fingerprint density at radius 3 is 2.30 bits per heavy atom. The second-order valence-corrected chi connectivity index (χ2v) is 8.52. The Morgan fingerprint density at radius 2 is 1.78 bits per heavy atom. The van der Waals surface area contributed by atoms with E-state index < -0.39 is 5.60 Å².